The number of piperazine rings is 1. The first-order valence-corrected chi connectivity index (χ1v) is 12.6. The number of non-ortho nitro benzene ring substituents is 1. The molecule has 0 unspecified atom stereocenters. The SMILES string of the molecule is CCCCCS(=O)(=O)CC(=O)N1CCN(S(=O)(=O)c2cccc([N+](=O)[O-])c2)CC1. The Morgan fingerprint density at radius 1 is 1.10 bits per heavy atom. The van der Waals surface area contributed by atoms with Gasteiger partial charge in [-0.25, -0.2) is 16.8 Å². The van der Waals surface area contributed by atoms with Crippen molar-refractivity contribution in [3.63, 3.8) is 0 Å². The third kappa shape index (κ3) is 6.21. The molecule has 1 saturated heterocycles. The van der Waals surface area contributed by atoms with Crippen molar-refractivity contribution in [1.29, 1.82) is 0 Å². The van der Waals surface area contributed by atoms with E-state index in [0.717, 1.165) is 23.2 Å². The second-order valence-electron chi connectivity index (χ2n) is 6.84. The van der Waals surface area contributed by atoms with E-state index in [1.54, 1.807) is 0 Å². The molecule has 10 nitrogen and oxygen atoms in total. The van der Waals surface area contributed by atoms with Crippen LogP contribution < -0.4 is 0 Å². The summed E-state index contributed by atoms with van der Waals surface area (Å²) in [5.74, 6) is -1.14. The largest absolute Gasteiger partial charge is 0.339 e. The Balaban J connectivity index is 1.98. The number of sulfonamides is 1. The molecule has 1 fully saturated rings. The number of sulfone groups is 1. The number of hydrogen-bond acceptors (Lipinski definition) is 7. The number of amides is 1. The Labute approximate surface area is 170 Å². The van der Waals surface area contributed by atoms with Crippen molar-refractivity contribution in [2.45, 2.75) is 31.1 Å². The molecule has 0 bridgehead atoms. The lowest BCUT2D eigenvalue weighted by atomic mass is 10.3. The smallest absolute Gasteiger partial charge is 0.270 e. The Morgan fingerprint density at radius 2 is 1.76 bits per heavy atom. The van der Waals surface area contributed by atoms with Gasteiger partial charge in [-0.1, -0.05) is 25.8 Å². The van der Waals surface area contributed by atoms with E-state index in [-0.39, 0.29) is 42.5 Å². The normalized spacial score (nSPS) is 16.0. The summed E-state index contributed by atoms with van der Waals surface area (Å²) >= 11 is 0. The molecule has 12 heteroatoms. The fraction of sp³-hybridized carbons (Fsp3) is 0.588. The number of nitrogens with zero attached hydrogens (tertiary/aromatic N) is 3. The average molecular weight is 448 g/mol. The molecule has 1 aromatic rings. The minimum Gasteiger partial charge on any atom is -0.339 e. The summed E-state index contributed by atoms with van der Waals surface area (Å²) in [5, 5.41) is 10.9. The van der Waals surface area contributed by atoms with Gasteiger partial charge in [0.05, 0.1) is 15.6 Å². The molecule has 1 heterocycles. The summed E-state index contributed by atoms with van der Waals surface area (Å²) in [4.78, 5) is 23.7. The maximum absolute atomic E-state index is 12.7. The van der Waals surface area contributed by atoms with Gasteiger partial charge < -0.3 is 4.90 Å². The summed E-state index contributed by atoms with van der Waals surface area (Å²) in [7, 11) is -7.43. The number of carbonyl (C=O) groups is 1. The van der Waals surface area contributed by atoms with Crippen LogP contribution in [0.2, 0.25) is 0 Å². The highest BCUT2D eigenvalue weighted by Crippen LogP contribution is 2.22. The highest BCUT2D eigenvalue weighted by atomic mass is 32.2. The molecule has 0 spiro atoms. The van der Waals surface area contributed by atoms with Gasteiger partial charge in [-0.2, -0.15) is 4.31 Å². The quantitative estimate of drug-likeness (QED) is 0.313. The zero-order valence-corrected chi connectivity index (χ0v) is 17.8. The summed E-state index contributed by atoms with van der Waals surface area (Å²) in [6.07, 6.45) is 2.17. The number of carbonyl (C=O) groups excluding carboxylic acids is 1. The minimum absolute atomic E-state index is 0.00729. The molecule has 0 aliphatic carbocycles. The number of unbranched alkanes of at least 4 members (excludes halogenated alkanes) is 2. The molecule has 0 aromatic heterocycles. The van der Waals surface area contributed by atoms with Gasteiger partial charge in [0.1, 0.15) is 5.75 Å². The first-order chi connectivity index (χ1) is 13.6. The van der Waals surface area contributed by atoms with Gasteiger partial charge in [0, 0.05) is 38.3 Å². The van der Waals surface area contributed by atoms with Crippen molar-refractivity contribution < 1.29 is 26.6 Å². The predicted octanol–water partition coefficient (Wildman–Crippen LogP) is 1.03. The number of hydrogen-bond donors (Lipinski definition) is 0. The van der Waals surface area contributed by atoms with Crippen LogP contribution in [0.5, 0.6) is 0 Å². The lowest BCUT2D eigenvalue weighted by Crippen LogP contribution is -2.51. The molecular weight excluding hydrogens is 422 g/mol. The third-order valence-corrected chi connectivity index (χ3v) is 8.15. The van der Waals surface area contributed by atoms with Crippen LogP contribution in [0.25, 0.3) is 0 Å². The van der Waals surface area contributed by atoms with Crippen LogP contribution in [0.1, 0.15) is 26.2 Å². The third-order valence-electron chi connectivity index (χ3n) is 4.66. The standard InChI is InChI=1S/C17H25N3O7S2/c1-2-3-4-12-28(24,25)14-17(21)18-8-10-19(11-9-18)29(26,27)16-7-5-6-15(13-16)20(22)23/h5-7,13H,2-4,8-12,14H2,1H3. The average Bonchev–Trinajstić information content (AvgIpc) is 2.68. The lowest BCUT2D eigenvalue weighted by molar-refractivity contribution is -0.385. The number of benzene rings is 1. The summed E-state index contributed by atoms with van der Waals surface area (Å²) in [6, 6.07) is 4.78. The molecule has 0 radical (unpaired) electrons. The minimum atomic E-state index is -3.94. The van der Waals surface area contributed by atoms with E-state index in [9.17, 15) is 31.7 Å². The Hall–Kier alpha value is -2.05. The Bertz CT molecular complexity index is 953. The second kappa shape index (κ2) is 9.63. The molecule has 162 valence electrons. The zero-order valence-electron chi connectivity index (χ0n) is 16.2. The van der Waals surface area contributed by atoms with Crippen molar-refractivity contribution >= 4 is 31.5 Å². The van der Waals surface area contributed by atoms with E-state index in [1.807, 2.05) is 6.92 Å². The fourth-order valence-electron chi connectivity index (χ4n) is 3.01. The van der Waals surface area contributed by atoms with E-state index in [0.29, 0.717) is 6.42 Å². The van der Waals surface area contributed by atoms with Gasteiger partial charge in [-0.15, -0.1) is 0 Å². The van der Waals surface area contributed by atoms with Crippen LogP contribution in [-0.4, -0.2) is 74.6 Å². The molecule has 0 saturated carbocycles. The van der Waals surface area contributed by atoms with Crippen molar-refractivity contribution in [3.05, 3.63) is 34.4 Å². The van der Waals surface area contributed by atoms with E-state index >= 15 is 0 Å². The molecule has 1 aliphatic heterocycles. The van der Waals surface area contributed by atoms with Crippen molar-refractivity contribution in [2.75, 3.05) is 37.7 Å². The van der Waals surface area contributed by atoms with Gasteiger partial charge in [0.15, 0.2) is 9.84 Å². The predicted molar refractivity (Wildman–Crippen MR) is 107 cm³/mol. The molecule has 1 aliphatic rings. The molecule has 0 atom stereocenters. The molecule has 2 rings (SSSR count). The lowest BCUT2D eigenvalue weighted by Gasteiger charge is -2.34. The highest BCUT2D eigenvalue weighted by Gasteiger charge is 2.32. The first kappa shape index (κ1) is 23.2. The first-order valence-electron chi connectivity index (χ1n) is 9.29. The van der Waals surface area contributed by atoms with Gasteiger partial charge in [0.2, 0.25) is 15.9 Å². The van der Waals surface area contributed by atoms with Crippen LogP contribution in [-0.2, 0) is 24.7 Å². The van der Waals surface area contributed by atoms with Crippen LogP contribution in [0.4, 0.5) is 5.69 Å². The Kier molecular flexibility index (Phi) is 7.72. The summed E-state index contributed by atoms with van der Waals surface area (Å²) in [5.41, 5.74) is -0.326. The molecule has 29 heavy (non-hydrogen) atoms. The second-order valence-corrected chi connectivity index (χ2v) is 11.0. The summed E-state index contributed by atoms with van der Waals surface area (Å²) in [6.45, 7) is 2.08. The molecule has 0 N–H and O–H groups in total. The van der Waals surface area contributed by atoms with Crippen LogP contribution >= 0.6 is 0 Å². The number of nitro benzene ring substituents is 1. The van der Waals surface area contributed by atoms with Gasteiger partial charge in [-0.3, -0.25) is 14.9 Å². The van der Waals surface area contributed by atoms with Crippen molar-refractivity contribution in [3.8, 4) is 0 Å². The van der Waals surface area contributed by atoms with Gasteiger partial charge >= 0.3 is 0 Å². The van der Waals surface area contributed by atoms with Crippen LogP contribution in [0.15, 0.2) is 29.2 Å². The van der Waals surface area contributed by atoms with E-state index < -0.39 is 36.4 Å². The van der Waals surface area contributed by atoms with Crippen molar-refractivity contribution in [1.82, 2.24) is 9.21 Å². The van der Waals surface area contributed by atoms with Gasteiger partial charge in [-0.05, 0) is 12.5 Å². The van der Waals surface area contributed by atoms with E-state index in [2.05, 4.69) is 0 Å². The van der Waals surface area contributed by atoms with Crippen molar-refractivity contribution in [2.24, 2.45) is 0 Å². The van der Waals surface area contributed by atoms with Gasteiger partial charge in [0.25, 0.3) is 5.69 Å². The van der Waals surface area contributed by atoms with Crippen LogP contribution in [0, 0.1) is 10.1 Å². The highest BCUT2D eigenvalue weighted by molar-refractivity contribution is 7.92. The fourth-order valence-corrected chi connectivity index (χ4v) is 5.82. The topological polar surface area (TPSA) is 135 Å². The van der Waals surface area contributed by atoms with E-state index in [1.165, 1.54) is 23.1 Å². The number of rotatable bonds is 9. The Morgan fingerprint density at radius 3 is 2.34 bits per heavy atom. The number of nitro groups is 1. The molecule has 1 amide bonds. The maximum atomic E-state index is 12.7. The van der Waals surface area contributed by atoms with E-state index in [4.69, 9.17) is 0 Å². The summed E-state index contributed by atoms with van der Waals surface area (Å²) < 4.78 is 50.7. The van der Waals surface area contributed by atoms with Crippen LogP contribution in [0.3, 0.4) is 0 Å². The molecular formula is C17H25N3O7S2. The monoisotopic (exact) mass is 447 g/mol. The maximum Gasteiger partial charge on any atom is 0.270 e. The zero-order chi connectivity index (χ0) is 21.7. The molecule has 1 aromatic carbocycles.